The van der Waals surface area contributed by atoms with Gasteiger partial charge < -0.3 is 4.90 Å². The van der Waals surface area contributed by atoms with Crippen LogP contribution in [0.5, 0.6) is 0 Å². The quantitative estimate of drug-likeness (QED) is 0.672. The maximum absolute atomic E-state index is 13.4. The number of rotatable bonds is 4. The zero-order chi connectivity index (χ0) is 22.2. The van der Waals surface area contributed by atoms with Gasteiger partial charge in [0, 0.05) is 37.6 Å². The van der Waals surface area contributed by atoms with Gasteiger partial charge in [0.05, 0.1) is 15.6 Å². The number of benzene rings is 1. The van der Waals surface area contributed by atoms with Crippen LogP contribution in [0.2, 0.25) is 0 Å². The maximum Gasteiger partial charge on any atom is 0.246 e. The Morgan fingerprint density at radius 2 is 1.47 bits per heavy atom. The fourth-order valence-electron chi connectivity index (χ4n) is 3.85. The summed E-state index contributed by atoms with van der Waals surface area (Å²) in [5, 5.41) is 2.85. The number of carbonyl (C=O) groups is 1. The van der Waals surface area contributed by atoms with Crippen LogP contribution >= 0.6 is 11.3 Å². The van der Waals surface area contributed by atoms with Gasteiger partial charge in [-0.25, -0.2) is 13.4 Å². The molecule has 0 atom stereocenters. The van der Waals surface area contributed by atoms with E-state index in [1.165, 1.54) is 21.7 Å². The van der Waals surface area contributed by atoms with E-state index in [2.05, 4.69) is 4.98 Å². The minimum Gasteiger partial charge on any atom is -0.337 e. The number of hydrogen-bond donors (Lipinski definition) is 0. The molecular weight excluding hydrogens is 418 g/mol. The van der Waals surface area contributed by atoms with Crippen LogP contribution in [0.4, 0.5) is 0 Å². The first-order valence-corrected chi connectivity index (χ1v) is 12.3. The highest BCUT2D eigenvalue weighted by molar-refractivity contribution is 7.89. The molecule has 1 aromatic carbocycles. The number of sulfonamides is 1. The molecule has 8 heteroatoms. The summed E-state index contributed by atoms with van der Waals surface area (Å²) in [7, 11) is -3.62. The number of amides is 1. The average molecular weight is 448 g/mol. The fraction of sp³-hybridized carbons (Fsp3) is 0.455. The highest BCUT2D eigenvalue weighted by atomic mass is 32.2. The minimum atomic E-state index is -3.62. The third-order valence-electron chi connectivity index (χ3n) is 6.11. The second-order valence-electron chi connectivity index (χ2n) is 7.81. The number of thiazole rings is 1. The van der Waals surface area contributed by atoms with Crippen molar-refractivity contribution in [2.45, 2.75) is 46.4 Å². The third-order valence-corrected chi connectivity index (χ3v) is 9.08. The highest BCUT2D eigenvalue weighted by Crippen LogP contribution is 2.32. The van der Waals surface area contributed by atoms with Gasteiger partial charge in [0.25, 0.3) is 0 Å². The molecule has 2 heterocycles. The fourth-order valence-corrected chi connectivity index (χ4v) is 6.41. The van der Waals surface area contributed by atoms with Gasteiger partial charge in [-0.2, -0.15) is 4.31 Å². The van der Waals surface area contributed by atoms with Gasteiger partial charge in [-0.15, -0.1) is 11.3 Å². The van der Waals surface area contributed by atoms with Crippen LogP contribution < -0.4 is 0 Å². The summed E-state index contributed by atoms with van der Waals surface area (Å²) in [6.07, 6.45) is 3.22. The van der Waals surface area contributed by atoms with Gasteiger partial charge in [-0.3, -0.25) is 4.79 Å². The van der Waals surface area contributed by atoms with E-state index < -0.39 is 10.0 Å². The molecule has 0 spiro atoms. The van der Waals surface area contributed by atoms with E-state index in [0.29, 0.717) is 31.1 Å². The molecule has 0 saturated carbocycles. The van der Waals surface area contributed by atoms with Crippen LogP contribution in [0.15, 0.2) is 16.4 Å². The first-order chi connectivity index (χ1) is 14.0. The lowest BCUT2D eigenvalue weighted by atomic mass is 9.95. The minimum absolute atomic E-state index is 0.118. The highest BCUT2D eigenvalue weighted by Gasteiger charge is 2.33. The predicted octanol–water partition coefficient (Wildman–Crippen LogP) is 3.54. The van der Waals surface area contributed by atoms with E-state index in [4.69, 9.17) is 0 Å². The molecule has 0 aliphatic carbocycles. The van der Waals surface area contributed by atoms with Crippen LogP contribution in [0.1, 0.15) is 38.5 Å². The first kappa shape index (κ1) is 22.7. The Labute approximate surface area is 183 Å². The number of aromatic nitrogens is 1. The van der Waals surface area contributed by atoms with E-state index >= 15 is 0 Å². The lowest BCUT2D eigenvalue weighted by molar-refractivity contribution is -0.127. The number of hydrogen-bond acceptors (Lipinski definition) is 5. The zero-order valence-corrected chi connectivity index (χ0v) is 20.1. The number of aryl methyl sites for hydroxylation is 1. The van der Waals surface area contributed by atoms with E-state index in [1.54, 1.807) is 11.0 Å². The molecule has 1 saturated heterocycles. The molecule has 0 unspecified atom stereocenters. The zero-order valence-electron chi connectivity index (χ0n) is 18.4. The number of carbonyl (C=O) groups excluding carboxylic acids is 1. The van der Waals surface area contributed by atoms with Crippen molar-refractivity contribution in [1.82, 2.24) is 14.2 Å². The largest absolute Gasteiger partial charge is 0.337 e. The molecule has 0 bridgehead atoms. The van der Waals surface area contributed by atoms with Crippen LogP contribution in [0, 0.1) is 41.5 Å². The SMILES string of the molecule is Cc1nc(/C=C/C(=O)N2CCN(S(=O)(=O)c3c(C)c(C)c(C)c(C)c3C)CC2)cs1. The van der Waals surface area contributed by atoms with E-state index in [-0.39, 0.29) is 5.91 Å². The van der Waals surface area contributed by atoms with Gasteiger partial charge in [0.2, 0.25) is 15.9 Å². The molecule has 1 aliphatic rings. The molecule has 2 aromatic rings. The van der Waals surface area contributed by atoms with Crippen molar-refractivity contribution in [3.63, 3.8) is 0 Å². The van der Waals surface area contributed by atoms with E-state index in [9.17, 15) is 13.2 Å². The van der Waals surface area contributed by atoms with Crippen molar-refractivity contribution in [2.75, 3.05) is 26.2 Å². The standard InChI is InChI=1S/C22H29N3O3S2/c1-14-15(2)17(4)22(18(5)16(14)3)30(27,28)25-11-9-24(10-12-25)21(26)8-7-20-13-29-19(6)23-20/h7-8,13H,9-12H2,1-6H3/b8-7+. The molecule has 162 valence electrons. The predicted molar refractivity (Wildman–Crippen MR) is 121 cm³/mol. The number of nitrogens with zero attached hydrogens (tertiary/aromatic N) is 3. The Balaban J connectivity index is 1.75. The maximum atomic E-state index is 13.4. The van der Waals surface area contributed by atoms with Gasteiger partial charge >= 0.3 is 0 Å². The molecular formula is C22H29N3O3S2. The Morgan fingerprint density at radius 1 is 0.933 bits per heavy atom. The van der Waals surface area contributed by atoms with Crippen LogP contribution in [0.25, 0.3) is 6.08 Å². The lowest BCUT2D eigenvalue weighted by Crippen LogP contribution is -2.50. The third kappa shape index (κ3) is 4.22. The summed E-state index contributed by atoms with van der Waals surface area (Å²) in [5.74, 6) is -0.118. The number of piperazine rings is 1. The molecule has 1 aliphatic heterocycles. The summed E-state index contributed by atoms with van der Waals surface area (Å²) in [6, 6.07) is 0. The topological polar surface area (TPSA) is 70.6 Å². The van der Waals surface area contributed by atoms with Crippen molar-refractivity contribution in [3.05, 3.63) is 50.0 Å². The summed E-state index contributed by atoms with van der Waals surface area (Å²) < 4.78 is 28.4. The summed E-state index contributed by atoms with van der Waals surface area (Å²) in [5.41, 5.74) is 5.58. The van der Waals surface area contributed by atoms with Crippen molar-refractivity contribution >= 4 is 33.3 Å². The second kappa shape index (κ2) is 8.61. The van der Waals surface area contributed by atoms with Gasteiger partial charge in [-0.1, -0.05) is 0 Å². The van der Waals surface area contributed by atoms with Crippen molar-refractivity contribution in [3.8, 4) is 0 Å². The molecule has 6 nitrogen and oxygen atoms in total. The molecule has 1 fully saturated rings. The first-order valence-electron chi connectivity index (χ1n) is 10.00. The Bertz CT molecular complexity index is 1080. The summed E-state index contributed by atoms with van der Waals surface area (Å²) in [4.78, 5) is 18.9. The Morgan fingerprint density at radius 3 is 1.97 bits per heavy atom. The van der Waals surface area contributed by atoms with Crippen LogP contribution in [-0.4, -0.2) is 54.7 Å². The van der Waals surface area contributed by atoms with E-state index in [1.807, 2.05) is 46.9 Å². The summed E-state index contributed by atoms with van der Waals surface area (Å²) >= 11 is 1.54. The van der Waals surface area contributed by atoms with E-state index in [0.717, 1.165) is 38.5 Å². The molecule has 0 N–H and O–H groups in total. The van der Waals surface area contributed by atoms with Crippen molar-refractivity contribution < 1.29 is 13.2 Å². The summed E-state index contributed by atoms with van der Waals surface area (Å²) in [6.45, 7) is 13.0. The molecule has 30 heavy (non-hydrogen) atoms. The molecule has 0 radical (unpaired) electrons. The molecule has 3 rings (SSSR count). The molecule has 1 aromatic heterocycles. The second-order valence-corrected chi connectivity index (χ2v) is 10.7. The van der Waals surface area contributed by atoms with Crippen LogP contribution in [-0.2, 0) is 14.8 Å². The molecule has 1 amide bonds. The van der Waals surface area contributed by atoms with Gasteiger partial charge in [0.15, 0.2) is 0 Å². The Hall–Kier alpha value is -2.03. The van der Waals surface area contributed by atoms with Crippen molar-refractivity contribution in [2.24, 2.45) is 0 Å². The smallest absolute Gasteiger partial charge is 0.246 e. The monoisotopic (exact) mass is 447 g/mol. The lowest BCUT2D eigenvalue weighted by Gasteiger charge is -2.34. The average Bonchev–Trinajstić information content (AvgIpc) is 3.14. The Kier molecular flexibility index (Phi) is 6.50. The van der Waals surface area contributed by atoms with Gasteiger partial charge in [-0.05, 0) is 75.4 Å². The van der Waals surface area contributed by atoms with Gasteiger partial charge in [0.1, 0.15) is 0 Å². The van der Waals surface area contributed by atoms with Crippen molar-refractivity contribution in [1.29, 1.82) is 0 Å². The normalized spacial score (nSPS) is 15.9. The van der Waals surface area contributed by atoms with Crippen LogP contribution in [0.3, 0.4) is 0 Å².